The zero-order valence-corrected chi connectivity index (χ0v) is 23.0. The molecule has 6 rings (SSSR count). The number of benzene rings is 1. The van der Waals surface area contributed by atoms with Crippen LogP contribution in [0.15, 0.2) is 42.9 Å². The Morgan fingerprint density at radius 1 is 1.00 bits per heavy atom. The second kappa shape index (κ2) is 14.1. The van der Waals surface area contributed by atoms with Gasteiger partial charge >= 0.3 is 0 Å². The van der Waals surface area contributed by atoms with Gasteiger partial charge in [0.05, 0.1) is 24.1 Å². The molecule has 0 radical (unpaired) electrons. The van der Waals surface area contributed by atoms with Crippen molar-refractivity contribution >= 4 is 29.1 Å². The van der Waals surface area contributed by atoms with Gasteiger partial charge in [0.15, 0.2) is 11.5 Å². The molecule has 4 heterocycles. The van der Waals surface area contributed by atoms with Crippen molar-refractivity contribution in [1.82, 2.24) is 25.1 Å². The van der Waals surface area contributed by atoms with Gasteiger partial charge in [-0.05, 0) is 68.6 Å². The third-order valence-corrected chi connectivity index (χ3v) is 7.55. The van der Waals surface area contributed by atoms with Gasteiger partial charge in [0.1, 0.15) is 5.82 Å². The molecule has 2 aliphatic heterocycles. The molecule has 3 aromatic rings. The van der Waals surface area contributed by atoms with E-state index in [2.05, 4.69) is 42.7 Å². The van der Waals surface area contributed by atoms with E-state index < -0.39 is 5.91 Å². The van der Waals surface area contributed by atoms with Gasteiger partial charge in [0.2, 0.25) is 0 Å². The highest BCUT2D eigenvalue weighted by atomic mass is 16.5. The highest BCUT2D eigenvalue weighted by Gasteiger charge is 2.23. The molecule has 2 aromatic heterocycles. The number of piperidine rings is 1. The van der Waals surface area contributed by atoms with Crippen LogP contribution in [0.5, 0.6) is 0 Å². The lowest BCUT2D eigenvalue weighted by atomic mass is 10.1. The molecule has 3 fully saturated rings. The number of rotatable bonds is 7. The lowest BCUT2D eigenvalue weighted by molar-refractivity contribution is 0.0662. The molecule has 11 heteroatoms. The number of carbonyl (C=O) groups excluding carboxylic acids is 2. The normalized spacial score (nSPS) is 17.0. The molecular formula is C30H42N8O3. The Morgan fingerprint density at radius 3 is 2.34 bits per heavy atom. The van der Waals surface area contributed by atoms with E-state index in [1.165, 1.54) is 24.8 Å². The SMILES string of the molecule is C.CNC(=O)c1ccc(C2CC2)cc1.NC(=O)c1ncc(N2CCCCC2)nc1Nc1cnn(C2CCOCC2)c1. The number of anilines is 3. The van der Waals surface area contributed by atoms with E-state index in [-0.39, 0.29) is 19.0 Å². The number of hydrogen-bond acceptors (Lipinski definition) is 8. The third kappa shape index (κ3) is 7.81. The van der Waals surface area contributed by atoms with Crippen molar-refractivity contribution in [3.05, 3.63) is 59.7 Å². The number of ether oxygens (including phenoxy) is 1. The van der Waals surface area contributed by atoms with Crippen molar-refractivity contribution in [2.24, 2.45) is 5.73 Å². The molecule has 220 valence electrons. The lowest BCUT2D eigenvalue weighted by Gasteiger charge is -2.27. The second-order valence-corrected chi connectivity index (χ2v) is 10.5. The predicted molar refractivity (Wildman–Crippen MR) is 160 cm³/mol. The average molecular weight is 563 g/mol. The lowest BCUT2D eigenvalue weighted by Crippen LogP contribution is -2.30. The fourth-order valence-electron chi connectivity index (χ4n) is 5.08. The first-order valence-corrected chi connectivity index (χ1v) is 14.1. The molecule has 11 nitrogen and oxygen atoms in total. The van der Waals surface area contributed by atoms with E-state index in [1.54, 1.807) is 19.4 Å². The predicted octanol–water partition coefficient (Wildman–Crippen LogP) is 4.42. The quantitative estimate of drug-likeness (QED) is 0.385. The molecule has 0 spiro atoms. The molecule has 2 amide bonds. The number of nitrogens with two attached hydrogens (primary N) is 1. The zero-order valence-electron chi connectivity index (χ0n) is 23.0. The molecule has 0 bridgehead atoms. The van der Waals surface area contributed by atoms with Crippen molar-refractivity contribution in [3.8, 4) is 0 Å². The topological polar surface area (TPSA) is 140 Å². The molecule has 3 aliphatic rings. The smallest absolute Gasteiger partial charge is 0.271 e. The van der Waals surface area contributed by atoms with Crippen LogP contribution in [0.25, 0.3) is 0 Å². The van der Waals surface area contributed by atoms with Gasteiger partial charge in [0, 0.05) is 45.1 Å². The van der Waals surface area contributed by atoms with Crippen molar-refractivity contribution < 1.29 is 14.3 Å². The van der Waals surface area contributed by atoms with E-state index in [1.807, 2.05) is 23.0 Å². The Bertz CT molecular complexity index is 1290. The fraction of sp³-hybridized carbons (Fsp3) is 0.500. The minimum Gasteiger partial charge on any atom is -0.381 e. The summed E-state index contributed by atoms with van der Waals surface area (Å²) in [6.07, 6.45) is 13.3. The number of hydrogen-bond donors (Lipinski definition) is 3. The second-order valence-electron chi connectivity index (χ2n) is 10.5. The van der Waals surface area contributed by atoms with E-state index >= 15 is 0 Å². The van der Waals surface area contributed by atoms with Crippen LogP contribution in [0, 0.1) is 0 Å². The first-order valence-electron chi connectivity index (χ1n) is 14.1. The molecule has 1 aliphatic carbocycles. The van der Waals surface area contributed by atoms with Crippen molar-refractivity contribution in [3.63, 3.8) is 0 Å². The van der Waals surface area contributed by atoms with Gasteiger partial charge in [-0.25, -0.2) is 9.97 Å². The number of amides is 2. The molecule has 2 saturated heterocycles. The van der Waals surface area contributed by atoms with Crippen LogP contribution >= 0.6 is 0 Å². The van der Waals surface area contributed by atoms with Crippen LogP contribution in [0.1, 0.15) is 90.7 Å². The molecular weight excluding hydrogens is 520 g/mol. The maximum Gasteiger partial charge on any atom is 0.271 e. The first kappa shape index (κ1) is 30.0. The van der Waals surface area contributed by atoms with Crippen LogP contribution < -0.4 is 21.3 Å². The summed E-state index contributed by atoms with van der Waals surface area (Å²) in [6.45, 7) is 3.41. The Balaban J connectivity index is 0.000000233. The summed E-state index contributed by atoms with van der Waals surface area (Å²) in [6, 6.07) is 8.24. The summed E-state index contributed by atoms with van der Waals surface area (Å²) >= 11 is 0. The Hall–Kier alpha value is -3.99. The molecule has 0 atom stereocenters. The summed E-state index contributed by atoms with van der Waals surface area (Å²) < 4.78 is 7.35. The largest absolute Gasteiger partial charge is 0.381 e. The molecule has 41 heavy (non-hydrogen) atoms. The fourth-order valence-corrected chi connectivity index (χ4v) is 5.08. The number of carbonyl (C=O) groups is 2. The van der Waals surface area contributed by atoms with Gasteiger partial charge < -0.3 is 26.0 Å². The van der Waals surface area contributed by atoms with Crippen LogP contribution in [0.3, 0.4) is 0 Å². The van der Waals surface area contributed by atoms with Crippen molar-refractivity contribution in [2.45, 2.75) is 64.3 Å². The van der Waals surface area contributed by atoms with Crippen LogP contribution in [-0.4, -0.2) is 64.9 Å². The molecule has 4 N–H and O–H groups in total. The number of aromatic nitrogens is 4. The summed E-state index contributed by atoms with van der Waals surface area (Å²) in [4.78, 5) is 34.1. The number of nitrogens with zero attached hydrogens (tertiary/aromatic N) is 5. The molecule has 1 saturated carbocycles. The van der Waals surface area contributed by atoms with E-state index in [0.29, 0.717) is 11.9 Å². The van der Waals surface area contributed by atoms with Crippen molar-refractivity contribution in [1.29, 1.82) is 0 Å². The van der Waals surface area contributed by atoms with Crippen LogP contribution in [-0.2, 0) is 4.74 Å². The highest BCUT2D eigenvalue weighted by molar-refractivity contribution is 5.96. The minimum absolute atomic E-state index is 0. The molecule has 0 unspecified atom stereocenters. The van der Waals surface area contributed by atoms with E-state index in [0.717, 1.165) is 75.0 Å². The zero-order chi connectivity index (χ0) is 27.9. The highest BCUT2D eigenvalue weighted by Crippen LogP contribution is 2.39. The number of primary amides is 1. The molecule has 1 aromatic carbocycles. The Labute approximate surface area is 241 Å². The summed E-state index contributed by atoms with van der Waals surface area (Å²) in [5, 5.41) is 10.2. The number of nitrogens with one attached hydrogen (secondary N) is 2. The van der Waals surface area contributed by atoms with Gasteiger partial charge in [0.25, 0.3) is 11.8 Å². The minimum atomic E-state index is -0.605. The van der Waals surface area contributed by atoms with Crippen LogP contribution in [0.4, 0.5) is 17.3 Å². The van der Waals surface area contributed by atoms with Gasteiger partial charge in [-0.15, -0.1) is 0 Å². The maximum atomic E-state index is 11.8. The van der Waals surface area contributed by atoms with E-state index in [4.69, 9.17) is 10.5 Å². The monoisotopic (exact) mass is 562 g/mol. The van der Waals surface area contributed by atoms with Crippen molar-refractivity contribution in [2.75, 3.05) is 43.6 Å². The van der Waals surface area contributed by atoms with Crippen LogP contribution in [0.2, 0.25) is 0 Å². The van der Waals surface area contributed by atoms with Gasteiger partial charge in [-0.3, -0.25) is 14.3 Å². The Kier molecular flexibility index (Phi) is 10.3. The summed E-state index contributed by atoms with van der Waals surface area (Å²) in [7, 11) is 1.65. The summed E-state index contributed by atoms with van der Waals surface area (Å²) in [5.74, 6) is 1.28. The maximum absolute atomic E-state index is 11.8. The summed E-state index contributed by atoms with van der Waals surface area (Å²) in [5.41, 5.74) is 8.49. The average Bonchev–Trinajstić information content (AvgIpc) is 3.76. The standard InChI is InChI=1S/C18H25N7O2.C11H13NO.CH4/c19-17(26)16-18(23-15(11-20-16)24-6-2-1-3-7-24)22-13-10-21-25(12-13)14-4-8-27-9-5-14;1-12-11(13)10-6-4-9(5-7-10)8-2-3-8;/h10-12,14H,1-9H2,(H2,19,26)(H,22,23);4-8H,2-3H2,1H3,(H,12,13);1H4. The van der Waals surface area contributed by atoms with Gasteiger partial charge in [-0.2, -0.15) is 5.10 Å². The first-order chi connectivity index (χ1) is 19.5. The van der Waals surface area contributed by atoms with E-state index in [9.17, 15) is 9.59 Å². The van der Waals surface area contributed by atoms with Gasteiger partial charge in [-0.1, -0.05) is 19.6 Å². The Morgan fingerprint density at radius 2 is 1.71 bits per heavy atom. The third-order valence-electron chi connectivity index (χ3n) is 7.55.